The van der Waals surface area contributed by atoms with Crippen molar-refractivity contribution in [3.8, 4) is 0 Å². The number of thioether (sulfide) groups is 1. The van der Waals surface area contributed by atoms with Gasteiger partial charge in [-0.25, -0.2) is 0 Å². The van der Waals surface area contributed by atoms with E-state index in [1.807, 2.05) is 12.1 Å². The first kappa shape index (κ1) is 16.2. The average molecular weight is 358 g/mol. The maximum absolute atomic E-state index is 12.7. The van der Waals surface area contributed by atoms with Gasteiger partial charge in [0.05, 0.1) is 11.3 Å². The van der Waals surface area contributed by atoms with E-state index >= 15 is 0 Å². The van der Waals surface area contributed by atoms with Crippen LogP contribution in [0.15, 0.2) is 48.5 Å². The predicted octanol–water partition coefficient (Wildman–Crippen LogP) is 5.14. The maximum Gasteiger partial charge on any atom is 0.416 e. The zero-order valence-electron chi connectivity index (χ0n) is 11.7. The smallest absolute Gasteiger partial charge is 0.295 e. The Kier molecular flexibility index (Phi) is 4.29. The summed E-state index contributed by atoms with van der Waals surface area (Å²) < 4.78 is 38.0. The van der Waals surface area contributed by atoms with E-state index in [4.69, 9.17) is 11.6 Å². The number of anilines is 1. The van der Waals surface area contributed by atoms with E-state index in [1.54, 1.807) is 12.1 Å². The molecule has 1 aliphatic rings. The number of hydrogen-bond acceptors (Lipinski definition) is 2. The number of carbonyl (C=O) groups is 1. The van der Waals surface area contributed by atoms with Crippen LogP contribution in [-0.4, -0.2) is 11.7 Å². The van der Waals surface area contributed by atoms with Crippen molar-refractivity contribution in [3.05, 3.63) is 64.7 Å². The maximum atomic E-state index is 12.7. The number of rotatable bonds is 2. The molecule has 1 heterocycles. The fourth-order valence-electron chi connectivity index (χ4n) is 2.42. The lowest BCUT2D eigenvalue weighted by atomic mass is 10.1. The minimum absolute atomic E-state index is 0.153. The second-order valence-electron chi connectivity index (χ2n) is 4.99. The highest BCUT2D eigenvalue weighted by Gasteiger charge is 2.36. The predicted molar refractivity (Wildman–Crippen MR) is 85.6 cm³/mol. The summed E-state index contributed by atoms with van der Waals surface area (Å²) in [4.78, 5) is 13.7. The van der Waals surface area contributed by atoms with Gasteiger partial charge in [-0.05, 0) is 30.3 Å². The first-order valence-corrected chi connectivity index (χ1v) is 8.16. The third-order valence-corrected chi connectivity index (χ3v) is 5.05. The summed E-state index contributed by atoms with van der Waals surface area (Å²) in [6, 6.07) is 11.7. The lowest BCUT2D eigenvalue weighted by Gasteiger charge is -2.25. The molecule has 1 amide bonds. The monoisotopic (exact) mass is 357 g/mol. The number of carbonyl (C=O) groups excluding carboxylic acids is 1. The lowest BCUT2D eigenvalue weighted by molar-refractivity contribution is -0.137. The molecule has 23 heavy (non-hydrogen) atoms. The zero-order valence-corrected chi connectivity index (χ0v) is 13.3. The van der Waals surface area contributed by atoms with Crippen LogP contribution in [0.1, 0.15) is 16.5 Å². The van der Waals surface area contributed by atoms with Gasteiger partial charge < -0.3 is 0 Å². The van der Waals surface area contributed by atoms with Gasteiger partial charge in [-0.15, -0.1) is 11.8 Å². The molecule has 0 unspecified atom stereocenters. The van der Waals surface area contributed by atoms with Crippen LogP contribution in [0.25, 0.3) is 0 Å². The molecule has 0 aromatic heterocycles. The highest BCUT2D eigenvalue weighted by atomic mass is 35.5. The van der Waals surface area contributed by atoms with Gasteiger partial charge in [0.2, 0.25) is 5.91 Å². The molecular formula is C16H11ClF3NOS. The SMILES string of the molecule is O=C1CS[C@H](c2ccccc2Cl)N1c1ccc(C(F)(F)F)cc1. The number of nitrogens with zero attached hydrogens (tertiary/aromatic N) is 1. The fourth-order valence-corrected chi connectivity index (χ4v) is 3.94. The summed E-state index contributed by atoms with van der Waals surface area (Å²) in [5.74, 6) is 0.108. The van der Waals surface area contributed by atoms with Crippen molar-refractivity contribution >= 4 is 35.0 Å². The quantitative estimate of drug-likeness (QED) is 0.742. The van der Waals surface area contributed by atoms with Gasteiger partial charge in [0.25, 0.3) is 0 Å². The molecule has 1 atom stereocenters. The normalized spacial score (nSPS) is 18.5. The van der Waals surface area contributed by atoms with E-state index in [2.05, 4.69) is 0 Å². The van der Waals surface area contributed by atoms with E-state index in [9.17, 15) is 18.0 Å². The van der Waals surface area contributed by atoms with Gasteiger partial charge in [0.15, 0.2) is 0 Å². The molecule has 0 aliphatic carbocycles. The Morgan fingerprint density at radius 1 is 1.09 bits per heavy atom. The third kappa shape index (κ3) is 3.19. The molecule has 2 nitrogen and oxygen atoms in total. The summed E-state index contributed by atoms with van der Waals surface area (Å²) in [7, 11) is 0. The standard InChI is InChI=1S/C16H11ClF3NOS/c17-13-4-2-1-3-12(13)15-21(14(22)9-23-15)11-7-5-10(6-8-11)16(18,19)20/h1-8,15H,9H2/t15-/m1/s1. The van der Waals surface area contributed by atoms with Gasteiger partial charge in [0, 0.05) is 16.3 Å². The Bertz CT molecular complexity index is 733. The van der Waals surface area contributed by atoms with Crippen molar-refractivity contribution in [1.82, 2.24) is 0 Å². The van der Waals surface area contributed by atoms with Crippen LogP contribution >= 0.6 is 23.4 Å². The van der Waals surface area contributed by atoms with Crippen LogP contribution in [-0.2, 0) is 11.0 Å². The molecule has 7 heteroatoms. The van der Waals surface area contributed by atoms with Crippen LogP contribution in [0.2, 0.25) is 5.02 Å². The fraction of sp³-hybridized carbons (Fsp3) is 0.188. The number of alkyl halides is 3. The van der Waals surface area contributed by atoms with Crippen molar-refractivity contribution in [2.24, 2.45) is 0 Å². The number of hydrogen-bond donors (Lipinski definition) is 0. The lowest BCUT2D eigenvalue weighted by Crippen LogP contribution is -2.28. The highest BCUT2D eigenvalue weighted by molar-refractivity contribution is 8.00. The molecule has 0 bridgehead atoms. The van der Waals surface area contributed by atoms with Gasteiger partial charge >= 0.3 is 6.18 Å². The summed E-state index contributed by atoms with van der Waals surface area (Å²) in [5.41, 5.74) is 0.456. The first-order chi connectivity index (χ1) is 10.9. The third-order valence-electron chi connectivity index (χ3n) is 3.51. The van der Waals surface area contributed by atoms with Crippen molar-refractivity contribution < 1.29 is 18.0 Å². The summed E-state index contributed by atoms with van der Waals surface area (Å²) in [6.45, 7) is 0. The van der Waals surface area contributed by atoms with E-state index in [1.165, 1.54) is 28.8 Å². The largest absolute Gasteiger partial charge is 0.416 e. The van der Waals surface area contributed by atoms with Crippen LogP contribution in [0.3, 0.4) is 0 Å². The molecule has 0 radical (unpaired) electrons. The van der Waals surface area contributed by atoms with Crippen LogP contribution < -0.4 is 4.90 Å². The molecule has 0 saturated carbocycles. The van der Waals surface area contributed by atoms with E-state index in [0.717, 1.165) is 17.7 Å². The molecule has 2 aromatic carbocycles. The number of benzene rings is 2. The number of amides is 1. The minimum atomic E-state index is -4.40. The molecule has 3 rings (SSSR count). The van der Waals surface area contributed by atoms with Crippen molar-refractivity contribution in [1.29, 1.82) is 0 Å². The van der Waals surface area contributed by atoms with Crippen molar-refractivity contribution in [3.63, 3.8) is 0 Å². The van der Waals surface area contributed by atoms with Gasteiger partial charge in [0.1, 0.15) is 5.37 Å². The molecule has 0 N–H and O–H groups in total. The molecule has 1 aliphatic heterocycles. The Morgan fingerprint density at radius 2 is 1.74 bits per heavy atom. The Hall–Kier alpha value is -1.66. The second-order valence-corrected chi connectivity index (χ2v) is 6.47. The van der Waals surface area contributed by atoms with Crippen LogP contribution in [0, 0.1) is 0 Å². The van der Waals surface area contributed by atoms with Crippen molar-refractivity contribution in [2.45, 2.75) is 11.6 Å². The second kappa shape index (κ2) is 6.09. The number of halogens is 4. The molecule has 1 saturated heterocycles. The summed E-state index contributed by atoms with van der Waals surface area (Å²) >= 11 is 7.59. The Morgan fingerprint density at radius 3 is 2.35 bits per heavy atom. The van der Waals surface area contributed by atoms with E-state index in [-0.39, 0.29) is 17.0 Å². The summed E-state index contributed by atoms with van der Waals surface area (Å²) in [5, 5.41) is 0.185. The van der Waals surface area contributed by atoms with Crippen LogP contribution in [0.5, 0.6) is 0 Å². The van der Waals surface area contributed by atoms with Crippen molar-refractivity contribution in [2.75, 3.05) is 10.7 Å². The first-order valence-electron chi connectivity index (χ1n) is 6.73. The van der Waals surface area contributed by atoms with Gasteiger partial charge in [-0.1, -0.05) is 29.8 Å². The zero-order chi connectivity index (χ0) is 16.6. The Labute approximate surface area is 140 Å². The molecular weight excluding hydrogens is 347 g/mol. The molecule has 2 aromatic rings. The highest BCUT2D eigenvalue weighted by Crippen LogP contribution is 2.44. The molecule has 120 valence electrons. The average Bonchev–Trinajstić information content (AvgIpc) is 2.88. The minimum Gasteiger partial charge on any atom is -0.295 e. The summed E-state index contributed by atoms with van der Waals surface area (Å²) in [6.07, 6.45) is -4.40. The topological polar surface area (TPSA) is 20.3 Å². The van der Waals surface area contributed by atoms with E-state index < -0.39 is 11.7 Å². The van der Waals surface area contributed by atoms with Gasteiger partial charge in [-0.3, -0.25) is 9.69 Å². The van der Waals surface area contributed by atoms with E-state index in [0.29, 0.717) is 10.7 Å². The van der Waals surface area contributed by atoms with Gasteiger partial charge in [-0.2, -0.15) is 13.2 Å². The molecule has 1 fully saturated rings. The molecule has 0 spiro atoms. The Balaban J connectivity index is 1.96. The van der Waals surface area contributed by atoms with Crippen LogP contribution in [0.4, 0.5) is 18.9 Å².